The summed E-state index contributed by atoms with van der Waals surface area (Å²) in [7, 11) is 0. The Morgan fingerprint density at radius 3 is 2.67 bits per heavy atom. The van der Waals surface area contributed by atoms with Crippen molar-refractivity contribution in [3.8, 4) is 28.5 Å². The first-order valence-electron chi connectivity index (χ1n) is 7.69. The third-order valence-electron chi connectivity index (χ3n) is 4.08. The van der Waals surface area contributed by atoms with Crippen molar-refractivity contribution < 1.29 is 5.11 Å². The molecule has 120 valence electrons. The fourth-order valence-electron chi connectivity index (χ4n) is 2.72. The summed E-state index contributed by atoms with van der Waals surface area (Å²) < 4.78 is 0. The molecule has 4 rings (SSSR count). The second-order valence-corrected chi connectivity index (χ2v) is 5.80. The Bertz CT molecular complexity index is 1010. The SMILES string of the molecule is Cc1ccc(-c2n[nH]c(-c3nc4ccc(CN)cc4[nH]3)c2O)cc1. The van der Waals surface area contributed by atoms with Crippen LogP contribution in [0.4, 0.5) is 0 Å². The number of H-pyrrole nitrogens is 2. The maximum absolute atomic E-state index is 10.6. The number of aromatic amines is 2. The highest BCUT2D eigenvalue weighted by Crippen LogP contribution is 2.35. The molecule has 5 N–H and O–H groups in total. The van der Waals surface area contributed by atoms with Gasteiger partial charge in [0, 0.05) is 12.1 Å². The molecular formula is C18H17N5O. The Morgan fingerprint density at radius 2 is 1.92 bits per heavy atom. The van der Waals surface area contributed by atoms with E-state index in [1.54, 1.807) is 0 Å². The molecule has 4 aromatic rings. The standard InChI is InChI=1S/C18H17N5O/c1-10-2-5-12(6-3-10)15-17(24)16(23-22-15)18-20-13-7-4-11(9-19)8-14(13)21-18/h2-8,24H,9,19H2,1H3,(H,20,21)(H,22,23). The summed E-state index contributed by atoms with van der Waals surface area (Å²) in [5.41, 5.74) is 11.4. The zero-order valence-electron chi connectivity index (χ0n) is 13.2. The van der Waals surface area contributed by atoms with Gasteiger partial charge >= 0.3 is 0 Å². The van der Waals surface area contributed by atoms with Gasteiger partial charge in [0.1, 0.15) is 11.4 Å². The van der Waals surface area contributed by atoms with Gasteiger partial charge in [0.05, 0.1) is 11.0 Å². The molecule has 0 aliphatic rings. The molecule has 6 heteroatoms. The number of nitrogens with two attached hydrogens (primary N) is 1. The molecular weight excluding hydrogens is 302 g/mol. The molecule has 0 bridgehead atoms. The predicted octanol–water partition coefficient (Wildman–Crippen LogP) is 3.09. The number of imidazole rings is 1. The van der Waals surface area contributed by atoms with E-state index in [1.165, 1.54) is 0 Å². The van der Waals surface area contributed by atoms with Gasteiger partial charge in [-0.1, -0.05) is 35.9 Å². The van der Waals surface area contributed by atoms with Crippen molar-refractivity contribution in [3.63, 3.8) is 0 Å². The van der Waals surface area contributed by atoms with E-state index in [0.717, 1.165) is 27.7 Å². The molecule has 0 aliphatic heterocycles. The van der Waals surface area contributed by atoms with Gasteiger partial charge in [-0.3, -0.25) is 5.10 Å². The number of aromatic hydroxyl groups is 1. The minimum absolute atomic E-state index is 0.0805. The number of benzene rings is 2. The van der Waals surface area contributed by atoms with Crippen molar-refractivity contribution in [2.75, 3.05) is 0 Å². The van der Waals surface area contributed by atoms with Gasteiger partial charge in [0.25, 0.3) is 0 Å². The first kappa shape index (κ1) is 14.5. The van der Waals surface area contributed by atoms with E-state index in [0.29, 0.717) is 23.8 Å². The summed E-state index contributed by atoms with van der Waals surface area (Å²) in [6.45, 7) is 2.49. The average molecular weight is 319 g/mol. The lowest BCUT2D eigenvalue weighted by atomic mass is 10.1. The predicted molar refractivity (Wildman–Crippen MR) is 93.4 cm³/mol. The lowest BCUT2D eigenvalue weighted by molar-refractivity contribution is 0.479. The number of nitrogens with zero attached hydrogens (tertiary/aromatic N) is 2. The number of rotatable bonds is 3. The molecule has 0 spiro atoms. The summed E-state index contributed by atoms with van der Waals surface area (Å²) in [6.07, 6.45) is 0. The molecule has 0 amide bonds. The highest BCUT2D eigenvalue weighted by molar-refractivity contribution is 5.82. The van der Waals surface area contributed by atoms with Crippen molar-refractivity contribution in [1.29, 1.82) is 0 Å². The van der Waals surface area contributed by atoms with Crippen LogP contribution in [0.3, 0.4) is 0 Å². The summed E-state index contributed by atoms with van der Waals surface area (Å²) in [4.78, 5) is 7.72. The van der Waals surface area contributed by atoms with Gasteiger partial charge in [0.2, 0.25) is 0 Å². The van der Waals surface area contributed by atoms with Gasteiger partial charge < -0.3 is 15.8 Å². The molecule has 2 heterocycles. The molecule has 0 fully saturated rings. The highest BCUT2D eigenvalue weighted by Gasteiger charge is 2.18. The minimum Gasteiger partial charge on any atom is -0.504 e. The van der Waals surface area contributed by atoms with Crippen molar-refractivity contribution in [2.45, 2.75) is 13.5 Å². The van der Waals surface area contributed by atoms with E-state index < -0.39 is 0 Å². The summed E-state index contributed by atoms with van der Waals surface area (Å²) in [5, 5.41) is 17.7. The van der Waals surface area contributed by atoms with Crippen LogP contribution in [0, 0.1) is 6.92 Å². The van der Waals surface area contributed by atoms with Gasteiger partial charge in [-0.15, -0.1) is 0 Å². The average Bonchev–Trinajstić information content (AvgIpc) is 3.18. The Hall–Kier alpha value is -3.12. The third kappa shape index (κ3) is 2.33. The van der Waals surface area contributed by atoms with E-state index in [4.69, 9.17) is 5.73 Å². The van der Waals surface area contributed by atoms with Crippen molar-refractivity contribution >= 4 is 11.0 Å². The zero-order valence-corrected chi connectivity index (χ0v) is 13.2. The number of hydrogen-bond acceptors (Lipinski definition) is 4. The largest absolute Gasteiger partial charge is 0.504 e. The van der Waals surface area contributed by atoms with Crippen molar-refractivity contribution in [3.05, 3.63) is 53.6 Å². The lowest BCUT2D eigenvalue weighted by Crippen LogP contribution is -1.95. The molecule has 2 aromatic heterocycles. The molecule has 24 heavy (non-hydrogen) atoms. The van der Waals surface area contributed by atoms with Crippen LogP contribution in [0.1, 0.15) is 11.1 Å². The normalized spacial score (nSPS) is 11.2. The molecule has 0 aliphatic carbocycles. The van der Waals surface area contributed by atoms with Crippen LogP contribution < -0.4 is 5.73 Å². The Balaban J connectivity index is 1.78. The fourth-order valence-corrected chi connectivity index (χ4v) is 2.72. The van der Waals surface area contributed by atoms with Gasteiger partial charge in [-0.25, -0.2) is 4.98 Å². The Morgan fingerprint density at radius 1 is 1.12 bits per heavy atom. The monoisotopic (exact) mass is 319 g/mol. The van der Waals surface area contributed by atoms with Crippen molar-refractivity contribution in [1.82, 2.24) is 20.2 Å². The molecule has 0 saturated carbocycles. The van der Waals surface area contributed by atoms with Crippen LogP contribution in [0.5, 0.6) is 5.75 Å². The first-order valence-corrected chi connectivity index (χ1v) is 7.69. The van der Waals surface area contributed by atoms with Crippen LogP contribution in [0.15, 0.2) is 42.5 Å². The number of aromatic nitrogens is 4. The van der Waals surface area contributed by atoms with Gasteiger partial charge in [-0.05, 0) is 24.6 Å². The highest BCUT2D eigenvalue weighted by atomic mass is 16.3. The van der Waals surface area contributed by atoms with Crippen LogP contribution in [-0.2, 0) is 6.54 Å². The molecule has 0 unspecified atom stereocenters. The number of hydrogen-bond donors (Lipinski definition) is 4. The quantitative estimate of drug-likeness (QED) is 0.466. The van der Waals surface area contributed by atoms with Crippen LogP contribution in [0.2, 0.25) is 0 Å². The molecule has 0 saturated heterocycles. The Kier molecular flexibility index (Phi) is 3.32. The first-order chi connectivity index (χ1) is 11.7. The maximum atomic E-state index is 10.6. The smallest absolute Gasteiger partial charge is 0.172 e. The van der Waals surface area contributed by atoms with E-state index in [2.05, 4.69) is 20.2 Å². The molecule has 2 aromatic carbocycles. The summed E-state index contributed by atoms with van der Waals surface area (Å²) in [6, 6.07) is 13.6. The Labute approximate surface area is 138 Å². The van der Waals surface area contributed by atoms with E-state index in [1.807, 2.05) is 49.4 Å². The van der Waals surface area contributed by atoms with Gasteiger partial charge in [-0.2, -0.15) is 5.10 Å². The molecule has 0 atom stereocenters. The number of nitrogens with one attached hydrogen (secondary N) is 2. The van der Waals surface area contributed by atoms with E-state index >= 15 is 0 Å². The second-order valence-electron chi connectivity index (χ2n) is 5.80. The van der Waals surface area contributed by atoms with E-state index in [9.17, 15) is 5.11 Å². The molecule has 0 radical (unpaired) electrons. The van der Waals surface area contributed by atoms with Crippen LogP contribution in [0.25, 0.3) is 33.8 Å². The molecule has 6 nitrogen and oxygen atoms in total. The lowest BCUT2D eigenvalue weighted by Gasteiger charge is -1.99. The van der Waals surface area contributed by atoms with Crippen molar-refractivity contribution in [2.24, 2.45) is 5.73 Å². The topological polar surface area (TPSA) is 104 Å². The van der Waals surface area contributed by atoms with Gasteiger partial charge in [0.15, 0.2) is 11.6 Å². The number of fused-ring (bicyclic) bond motifs is 1. The van der Waals surface area contributed by atoms with Crippen LogP contribution in [-0.4, -0.2) is 25.3 Å². The second kappa shape index (κ2) is 5.50. The summed E-state index contributed by atoms with van der Waals surface area (Å²) in [5.74, 6) is 0.625. The number of aryl methyl sites for hydroxylation is 1. The van der Waals surface area contributed by atoms with Crippen LogP contribution >= 0.6 is 0 Å². The minimum atomic E-state index is 0.0805. The fraction of sp³-hybridized carbons (Fsp3) is 0.111. The summed E-state index contributed by atoms with van der Waals surface area (Å²) >= 11 is 0. The van der Waals surface area contributed by atoms with E-state index in [-0.39, 0.29) is 5.75 Å². The third-order valence-corrected chi connectivity index (χ3v) is 4.08. The zero-order chi connectivity index (χ0) is 16.7. The maximum Gasteiger partial charge on any atom is 0.172 e.